The molecule has 2 nitrogen and oxygen atoms in total. The second kappa shape index (κ2) is 8.99. The number of aromatic nitrogens is 1. The molecule has 1 N–H and O–H groups in total. The molecule has 0 saturated carbocycles. The van der Waals surface area contributed by atoms with Gasteiger partial charge in [-0.25, -0.2) is 0 Å². The Morgan fingerprint density at radius 1 is 1.19 bits per heavy atom. The summed E-state index contributed by atoms with van der Waals surface area (Å²) in [6.07, 6.45) is 15.9. The zero-order valence-electron chi connectivity index (χ0n) is 13.5. The van der Waals surface area contributed by atoms with Crippen molar-refractivity contribution in [1.82, 2.24) is 10.3 Å². The molecule has 0 radical (unpaired) electrons. The molecule has 3 rings (SSSR count). The third-order valence-electron chi connectivity index (χ3n) is 4.47. The lowest BCUT2D eigenvalue weighted by Gasteiger charge is -2.20. The molecule has 21 heavy (non-hydrogen) atoms. The van der Waals surface area contributed by atoms with E-state index in [1.165, 1.54) is 74.6 Å². The van der Waals surface area contributed by atoms with Crippen LogP contribution in [0.15, 0.2) is 24.9 Å². The average molecular weight is 286 g/mol. The number of rotatable bonds is 3. The highest BCUT2D eigenvalue weighted by atomic mass is 14.9. The predicted octanol–water partition coefficient (Wildman–Crippen LogP) is 4.88. The molecule has 0 amide bonds. The summed E-state index contributed by atoms with van der Waals surface area (Å²) in [5.41, 5.74) is 3.97. The Morgan fingerprint density at radius 3 is 2.62 bits per heavy atom. The number of hydrogen-bond donors (Lipinski definition) is 1. The van der Waals surface area contributed by atoms with Crippen LogP contribution in [0, 0.1) is 6.92 Å². The Bertz CT molecular complexity index is 439. The Kier molecular flexibility index (Phi) is 6.94. The Labute approximate surface area is 130 Å². The van der Waals surface area contributed by atoms with E-state index in [1.807, 2.05) is 6.08 Å². The van der Waals surface area contributed by atoms with Gasteiger partial charge in [-0.05, 0) is 37.3 Å². The van der Waals surface area contributed by atoms with Crippen LogP contribution in [0.2, 0.25) is 0 Å². The summed E-state index contributed by atoms with van der Waals surface area (Å²) in [7, 11) is 0. The van der Waals surface area contributed by atoms with E-state index in [9.17, 15) is 0 Å². The molecule has 1 aromatic rings. The molecule has 0 saturated heterocycles. The fourth-order valence-corrected chi connectivity index (χ4v) is 3.27. The third kappa shape index (κ3) is 5.28. The molecule has 1 atom stereocenters. The lowest BCUT2D eigenvalue weighted by atomic mass is 9.97. The summed E-state index contributed by atoms with van der Waals surface area (Å²) in [5, 5.41) is 3.59. The number of aryl methyl sites for hydroxylation is 2. The van der Waals surface area contributed by atoms with Gasteiger partial charge >= 0.3 is 0 Å². The minimum absolute atomic E-state index is 0.375. The average Bonchev–Trinajstić information content (AvgIpc) is 2.49. The highest BCUT2D eigenvalue weighted by Gasteiger charge is 2.15. The summed E-state index contributed by atoms with van der Waals surface area (Å²) in [6.45, 7) is 6.88. The van der Waals surface area contributed by atoms with Gasteiger partial charge in [0.25, 0.3) is 0 Å². The molecular weight excluding hydrogens is 256 g/mol. The number of nitrogens with zero attached hydrogens (tertiary/aromatic N) is 1. The van der Waals surface area contributed by atoms with Crippen molar-refractivity contribution in [2.24, 2.45) is 0 Å². The molecule has 1 aromatic heterocycles. The fourth-order valence-electron chi connectivity index (χ4n) is 3.27. The van der Waals surface area contributed by atoms with Crippen molar-refractivity contribution in [3.8, 4) is 0 Å². The molecule has 0 aromatic carbocycles. The predicted molar refractivity (Wildman–Crippen MR) is 90.6 cm³/mol. The van der Waals surface area contributed by atoms with Gasteiger partial charge in [0.15, 0.2) is 0 Å². The maximum absolute atomic E-state index is 4.78. The summed E-state index contributed by atoms with van der Waals surface area (Å²) in [4.78, 5) is 4.78. The normalized spacial score (nSPS) is 20.9. The van der Waals surface area contributed by atoms with Crippen LogP contribution in [0.5, 0.6) is 0 Å². The zero-order chi connectivity index (χ0) is 14.9. The second-order valence-corrected chi connectivity index (χ2v) is 6.31. The quantitative estimate of drug-likeness (QED) is 0.801. The summed E-state index contributed by atoms with van der Waals surface area (Å²) >= 11 is 0. The maximum atomic E-state index is 4.78. The van der Waals surface area contributed by atoms with Crippen molar-refractivity contribution in [2.45, 2.75) is 70.8 Å². The third-order valence-corrected chi connectivity index (χ3v) is 4.47. The van der Waals surface area contributed by atoms with E-state index in [0.717, 1.165) is 6.54 Å². The van der Waals surface area contributed by atoms with Gasteiger partial charge in [-0.15, -0.1) is 6.58 Å². The zero-order valence-corrected chi connectivity index (χ0v) is 13.5. The van der Waals surface area contributed by atoms with Gasteiger partial charge in [0.1, 0.15) is 0 Å². The number of fused-ring (bicyclic) bond motifs is 11. The lowest BCUT2D eigenvalue weighted by Crippen LogP contribution is -2.23. The van der Waals surface area contributed by atoms with Crippen LogP contribution in [0.25, 0.3) is 0 Å². The Balaban J connectivity index is 2.14. The van der Waals surface area contributed by atoms with E-state index >= 15 is 0 Å². The standard InChI is InChI=1S/C19H30N2/c1-3-13-20-18-12-10-8-6-4-5-7-9-11-17-14-16(2)19(18)21-15-17/h3,14-15,18,20H,1,4-13H2,2H3/t18-/m0/s1. The van der Waals surface area contributed by atoms with Crippen molar-refractivity contribution in [3.63, 3.8) is 0 Å². The first-order valence-corrected chi connectivity index (χ1v) is 8.61. The van der Waals surface area contributed by atoms with Crippen LogP contribution < -0.4 is 5.32 Å². The van der Waals surface area contributed by atoms with E-state index < -0.39 is 0 Å². The molecular formula is C19H30N2. The molecule has 2 heterocycles. The van der Waals surface area contributed by atoms with E-state index in [1.54, 1.807) is 0 Å². The van der Waals surface area contributed by atoms with Crippen LogP contribution in [-0.4, -0.2) is 11.5 Å². The maximum Gasteiger partial charge on any atom is 0.0602 e. The van der Waals surface area contributed by atoms with Crippen LogP contribution in [0.1, 0.15) is 74.2 Å². The largest absolute Gasteiger partial charge is 0.305 e. The second-order valence-electron chi connectivity index (χ2n) is 6.31. The molecule has 0 spiro atoms. The van der Waals surface area contributed by atoms with E-state index in [2.05, 4.69) is 31.1 Å². The first kappa shape index (κ1) is 16.2. The highest BCUT2D eigenvalue weighted by molar-refractivity contribution is 5.26. The van der Waals surface area contributed by atoms with Gasteiger partial charge in [-0.1, -0.05) is 50.7 Å². The SMILES string of the molecule is C=CCN[C@H]1CCCCCCCCCc2cnc1c(C)c2. The Morgan fingerprint density at radius 2 is 1.90 bits per heavy atom. The van der Waals surface area contributed by atoms with Crippen molar-refractivity contribution >= 4 is 0 Å². The van der Waals surface area contributed by atoms with Crippen LogP contribution in [0.3, 0.4) is 0 Å². The van der Waals surface area contributed by atoms with Gasteiger partial charge in [0.05, 0.1) is 5.69 Å². The highest BCUT2D eigenvalue weighted by Crippen LogP contribution is 2.23. The van der Waals surface area contributed by atoms with Gasteiger partial charge in [0, 0.05) is 18.8 Å². The van der Waals surface area contributed by atoms with Crippen LogP contribution in [0.4, 0.5) is 0 Å². The summed E-state index contributed by atoms with van der Waals surface area (Å²) in [5.74, 6) is 0. The fraction of sp³-hybridized carbons (Fsp3) is 0.632. The molecule has 2 heteroatoms. The number of nitrogens with one attached hydrogen (secondary N) is 1. The topological polar surface area (TPSA) is 24.9 Å². The molecule has 0 unspecified atom stereocenters. The van der Waals surface area contributed by atoms with Crippen molar-refractivity contribution in [3.05, 3.63) is 41.7 Å². The lowest BCUT2D eigenvalue weighted by molar-refractivity contribution is 0.470. The summed E-state index contributed by atoms with van der Waals surface area (Å²) in [6, 6.07) is 2.72. The molecule has 2 aliphatic rings. The van der Waals surface area contributed by atoms with Crippen molar-refractivity contribution < 1.29 is 0 Å². The van der Waals surface area contributed by atoms with Gasteiger partial charge < -0.3 is 5.32 Å². The van der Waals surface area contributed by atoms with E-state index in [4.69, 9.17) is 4.98 Å². The van der Waals surface area contributed by atoms with Crippen LogP contribution in [-0.2, 0) is 6.42 Å². The number of hydrogen-bond acceptors (Lipinski definition) is 2. The Hall–Kier alpha value is -1.15. The monoisotopic (exact) mass is 286 g/mol. The molecule has 2 bridgehead atoms. The molecule has 116 valence electrons. The van der Waals surface area contributed by atoms with E-state index in [0.29, 0.717) is 6.04 Å². The smallest absolute Gasteiger partial charge is 0.0602 e. The minimum atomic E-state index is 0.375. The summed E-state index contributed by atoms with van der Waals surface area (Å²) < 4.78 is 0. The first-order valence-electron chi connectivity index (χ1n) is 8.61. The van der Waals surface area contributed by atoms with Crippen LogP contribution >= 0.6 is 0 Å². The van der Waals surface area contributed by atoms with Crippen molar-refractivity contribution in [1.29, 1.82) is 0 Å². The molecule has 1 aliphatic heterocycles. The first-order chi connectivity index (χ1) is 10.3. The van der Waals surface area contributed by atoms with E-state index in [-0.39, 0.29) is 0 Å². The minimum Gasteiger partial charge on any atom is -0.305 e. The van der Waals surface area contributed by atoms with Gasteiger partial charge in [-0.3, -0.25) is 4.98 Å². The van der Waals surface area contributed by atoms with Gasteiger partial charge in [-0.2, -0.15) is 0 Å². The van der Waals surface area contributed by atoms with Crippen molar-refractivity contribution in [2.75, 3.05) is 6.54 Å². The van der Waals surface area contributed by atoms with Gasteiger partial charge in [0.2, 0.25) is 0 Å². The number of pyridine rings is 1. The molecule has 0 fully saturated rings. The molecule has 1 aliphatic carbocycles.